The van der Waals surface area contributed by atoms with Crippen LogP contribution < -0.4 is 5.32 Å². The van der Waals surface area contributed by atoms with E-state index in [1.807, 2.05) is 0 Å². The number of hydrogen-bond acceptors (Lipinski definition) is 9. The molecule has 316 valence electrons. The summed E-state index contributed by atoms with van der Waals surface area (Å²) in [5.41, 5.74) is 0. The Labute approximate surface area is 324 Å². The zero-order chi connectivity index (χ0) is 38.9. The molecule has 1 amide bonds. The highest BCUT2D eigenvalue weighted by Crippen LogP contribution is 2.23. The Morgan fingerprint density at radius 1 is 0.585 bits per heavy atom. The van der Waals surface area contributed by atoms with Gasteiger partial charge in [0.15, 0.2) is 6.29 Å². The maximum absolute atomic E-state index is 13.0. The van der Waals surface area contributed by atoms with Crippen molar-refractivity contribution >= 4 is 5.91 Å². The van der Waals surface area contributed by atoms with Gasteiger partial charge in [0.25, 0.3) is 0 Å². The van der Waals surface area contributed by atoms with Crippen LogP contribution in [0.1, 0.15) is 206 Å². The molecule has 0 aromatic carbocycles. The van der Waals surface area contributed by atoms with Crippen LogP contribution in [0.15, 0.2) is 0 Å². The van der Waals surface area contributed by atoms with Crippen molar-refractivity contribution in [2.75, 3.05) is 13.2 Å². The first kappa shape index (κ1) is 50.2. The Balaban J connectivity index is 2.40. The summed E-state index contributed by atoms with van der Waals surface area (Å²) in [6, 6.07) is -0.983. The van der Waals surface area contributed by atoms with Gasteiger partial charge < -0.3 is 45.4 Å². The third-order valence-corrected chi connectivity index (χ3v) is 11.1. The molecule has 10 nitrogen and oxygen atoms in total. The first-order chi connectivity index (χ1) is 25.8. The lowest BCUT2D eigenvalue weighted by Gasteiger charge is -2.40. The second kappa shape index (κ2) is 34.4. The summed E-state index contributed by atoms with van der Waals surface area (Å²) in [6.45, 7) is 3.60. The van der Waals surface area contributed by atoms with Gasteiger partial charge in [-0.3, -0.25) is 4.79 Å². The van der Waals surface area contributed by atoms with Crippen LogP contribution in [0, 0.1) is 0 Å². The Morgan fingerprint density at radius 3 is 1.40 bits per heavy atom. The molecule has 0 bridgehead atoms. The zero-order valence-corrected chi connectivity index (χ0v) is 34.2. The van der Waals surface area contributed by atoms with Crippen LogP contribution in [0.25, 0.3) is 0 Å². The number of unbranched alkanes of at least 4 members (excludes halogenated alkanes) is 26. The lowest BCUT2D eigenvalue weighted by molar-refractivity contribution is -0.303. The maximum atomic E-state index is 13.0. The van der Waals surface area contributed by atoms with Crippen LogP contribution in [-0.2, 0) is 14.3 Å². The summed E-state index contributed by atoms with van der Waals surface area (Å²) in [5, 5.41) is 65.0. The number of rotatable bonds is 37. The SMILES string of the molecule is CCCCCCCCCCCCCCCCCCC(=O)N[C@@H](CO[C@@H]1O[C@H](CO)[C@@H](O)C(O)C1O)[C@H](O)[C@H](O)CCCCCCCCCCCCCC. The molecule has 1 aliphatic heterocycles. The number of aliphatic hydroxyl groups is 6. The predicted octanol–water partition coefficient (Wildman–Crippen LogP) is 7.75. The van der Waals surface area contributed by atoms with Crippen molar-refractivity contribution in [2.24, 2.45) is 0 Å². The second-order valence-corrected chi connectivity index (χ2v) is 16.0. The van der Waals surface area contributed by atoms with Crippen LogP contribution >= 0.6 is 0 Å². The largest absolute Gasteiger partial charge is 0.394 e. The minimum absolute atomic E-state index is 0.255. The molecule has 8 atom stereocenters. The molecule has 2 unspecified atom stereocenters. The quantitative estimate of drug-likeness (QED) is 0.0313. The molecule has 0 saturated carbocycles. The van der Waals surface area contributed by atoms with E-state index in [0.29, 0.717) is 6.42 Å². The first-order valence-corrected chi connectivity index (χ1v) is 22.3. The van der Waals surface area contributed by atoms with Gasteiger partial charge in [0, 0.05) is 6.42 Å². The zero-order valence-electron chi connectivity index (χ0n) is 34.2. The van der Waals surface area contributed by atoms with E-state index in [-0.39, 0.29) is 18.9 Å². The number of nitrogens with one attached hydrogen (secondary N) is 1. The second-order valence-electron chi connectivity index (χ2n) is 16.0. The molecule has 0 radical (unpaired) electrons. The lowest BCUT2D eigenvalue weighted by Crippen LogP contribution is -2.60. The number of carbonyl (C=O) groups excluding carboxylic acids is 1. The molecule has 7 N–H and O–H groups in total. The summed E-state index contributed by atoms with van der Waals surface area (Å²) in [4.78, 5) is 13.0. The van der Waals surface area contributed by atoms with Crippen LogP contribution in [0.4, 0.5) is 0 Å². The third kappa shape index (κ3) is 25.1. The number of aliphatic hydroxyl groups excluding tert-OH is 6. The molecule has 0 spiro atoms. The summed E-state index contributed by atoms with van der Waals surface area (Å²) < 4.78 is 11.1. The molecule has 0 aliphatic carbocycles. The minimum Gasteiger partial charge on any atom is -0.394 e. The molecule has 1 fully saturated rings. The van der Waals surface area contributed by atoms with Crippen molar-refractivity contribution in [3.63, 3.8) is 0 Å². The van der Waals surface area contributed by atoms with Gasteiger partial charge in [-0.25, -0.2) is 0 Å². The lowest BCUT2D eigenvalue weighted by atomic mass is 9.98. The third-order valence-electron chi connectivity index (χ3n) is 11.1. The average molecular weight is 760 g/mol. The van der Waals surface area contributed by atoms with Crippen molar-refractivity contribution in [1.82, 2.24) is 5.32 Å². The number of amides is 1. The van der Waals surface area contributed by atoms with Crippen molar-refractivity contribution in [3.05, 3.63) is 0 Å². The van der Waals surface area contributed by atoms with Crippen LogP contribution in [0.3, 0.4) is 0 Å². The molecule has 0 aromatic rings. The molecule has 1 rings (SSSR count). The fraction of sp³-hybridized carbons (Fsp3) is 0.977. The smallest absolute Gasteiger partial charge is 0.220 e. The topological polar surface area (TPSA) is 169 Å². The van der Waals surface area contributed by atoms with Crippen LogP contribution in [-0.4, -0.2) is 98.7 Å². The summed E-state index contributed by atoms with van der Waals surface area (Å²) in [7, 11) is 0. The molecule has 1 heterocycles. The van der Waals surface area contributed by atoms with Gasteiger partial charge >= 0.3 is 0 Å². The summed E-state index contributed by atoms with van der Waals surface area (Å²) >= 11 is 0. The van der Waals surface area contributed by atoms with E-state index in [2.05, 4.69) is 19.2 Å². The van der Waals surface area contributed by atoms with Crippen molar-refractivity contribution in [1.29, 1.82) is 0 Å². The highest BCUT2D eigenvalue weighted by molar-refractivity contribution is 5.76. The van der Waals surface area contributed by atoms with Gasteiger partial charge in [0.2, 0.25) is 5.91 Å². The summed E-state index contributed by atoms with van der Waals surface area (Å²) in [5.74, 6) is -0.255. The van der Waals surface area contributed by atoms with Gasteiger partial charge in [-0.05, 0) is 12.8 Å². The number of ether oxygens (including phenoxy) is 2. The van der Waals surface area contributed by atoms with Gasteiger partial charge in [0.05, 0.1) is 25.4 Å². The van der Waals surface area contributed by atoms with E-state index >= 15 is 0 Å². The monoisotopic (exact) mass is 760 g/mol. The van der Waals surface area contributed by atoms with Gasteiger partial charge in [-0.15, -0.1) is 0 Å². The van der Waals surface area contributed by atoms with Crippen LogP contribution in [0.2, 0.25) is 0 Å². The normalized spacial score (nSPS) is 22.2. The standard InChI is InChI=1S/C43H85NO9/c1-3-5-7-9-11-13-15-17-18-19-20-22-24-26-28-30-32-38(47)44-35(34-52-43-42(51)41(50)40(49)37(33-45)53-43)39(48)36(46)31-29-27-25-23-21-16-14-12-10-8-6-4-2/h35-37,39-43,45-46,48-51H,3-34H2,1-2H3,(H,44,47)/t35-,36+,37+,39-,40+,41?,42?,43+/m0/s1. The summed E-state index contributed by atoms with van der Waals surface area (Å²) in [6.07, 6.45) is 25.3. The minimum atomic E-state index is -1.60. The van der Waals surface area contributed by atoms with Gasteiger partial charge in [0.1, 0.15) is 30.5 Å². The molecular weight excluding hydrogens is 674 g/mol. The maximum Gasteiger partial charge on any atom is 0.220 e. The van der Waals surface area contributed by atoms with E-state index < -0.39 is 55.6 Å². The highest BCUT2D eigenvalue weighted by Gasteiger charge is 2.44. The van der Waals surface area contributed by atoms with E-state index in [4.69, 9.17) is 9.47 Å². The first-order valence-electron chi connectivity index (χ1n) is 22.3. The molecule has 1 aliphatic rings. The van der Waals surface area contributed by atoms with E-state index in [9.17, 15) is 35.4 Å². The Bertz CT molecular complexity index is 819. The molecular formula is C43H85NO9. The Hall–Kier alpha value is -0.850. The molecule has 1 saturated heterocycles. The Kier molecular flexibility index (Phi) is 32.6. The fourth-order valence-corrected chi connectivity index (χ4v) is 7.38. The fourth-order valence-electron chi connectivity index (χ4n) is 7.38. The highest BCUT2D eigenvalue weighted by atomic mass is 16.7. The average Bonchev–Trinajstić information content (AvgIpc) is 3.16. The molecule has 53 heavy (non-hydrogen) atoms. The van der Waals surface area contributed by atoms with E-state index in [1.54, 1.807) is 0 Å². The van der Waals surface area contributed by atoms with Gasteiger partial charge in [-0.2, -0.15) is 0 Å². The van der Waals surface area contributed by atoms with Crippen molar-refractivity contribution in [3.8, 4) is 0 Å². The van der Waals surface area contributed by atoms with Crippen molar-refractivity contribution < 1.29 is 44.9 Å². The number of hydrogen-bond donors (Lipinski definition) is 7. The van der Waals surface area contributed by atoms with E-state index in [0.717, 1.165) is 38.5 Å². The predicted molar refractivity (Wildman–Crippen MR) is 214 cm³/mol. The van der Waals surface area contributed by atoms with Gasteiger partial charge in [-0.1, -0.05) is 187 Å². The van der Waals surface area contributed by atoms with Crippen molar-refractivity contribution in [2.45, 2.75) is 255 Å². The van der Waals surface area contributed by atoms with Crippen LogP contribution in [0.5, 0.6) is 0 Å². The Morgan fingerprint density at radius 2 is 0.981 bits per heavy atom. The molecule has 10 heteroatoms. The molecule has 0 aromatic heterocycles. The van der Waals surface area contributed by atoms with E-state index in [1.165, 1.54) is 141 Å². The number of carbonyl (C=O) groups is 1.